The van der Waals surface area contributed by atoms with E-state index in [0.29, 0.717) is 0 Å². The predicted molar refractivity (Wildman–Crippen MR) is 121 cm³/mol. The third kappa shape index (κ3) is 4.13. The van der Waals surface area contributed by atoms with E-state index >= 15 is 0 Å². The molecule has 0 amide bonds. The molecule has 2 heterocycles. The highest BCUT2D eigenvalue weighted by Crippen LogP contribution is 2.40. The Morgan fingerprint density at radius 3 is 2.23 bits per heavy atom. The molecule has 31 heavy (non-hydrogen) atoms. The topological polar surface area (TPSA) is 55.8 Å². The first-order valence-electron chi connectivity index (χ1n) is 10.4. The van der Waals surface area contributed by atoms with Gasteiger partial charge in [-0.25, -0.2) is 9.59 Å². The normalized spacial score (nSPS) is 19.2. The molecule has 160 valence electrons. The van der Waals surface area contributed by atoms with Gasteiger partial charge < -0.3 is 14.4 Å². The van der Waals surface area contributed by atoms with Crippen molar-refractivity contribution in [3.8, 4) is 0 Å². The molecule has 0 radical (unpaired) electrons. The fourth-order valence-electron chi connectivity index (χ4n) is 4.19. The fraction of sp³-hybridized carbons (Fsp3) is 0.308. The van der Waals surface area contributed by atoms with Gasteiger partial charge >= 0.3 is 11.9 Å². The van der Waals surface area contributed by atoms with E-state index in [1.165, 1.54) is 25.5 Å². The minimum absolute atomic E-state index is 0.0989. The molecule has 0 aromatic heterocycles. The smallest absolute Gasteiger partial charge is 0.348 e. The Labute approximate surface area is 183 Å². The molecule has 2 aliphatic rings. The second-order valence-corrected chi connectivity index (χ2v) is 9.07. The number of allylic oxidation sites excluding steroid dienone is 1. The third-order valence-corrected chi connectivity index (χ3v) is 5.61. The van der Waals surface area contributed by atoms with Crippen LogP contribution in [0.2, 0.25) is 0 Å². The number of esters is 2. The molecule has 2 aromatic rings. The lowest BCUT2D eigenvalue weighted by molar-refractivity contribution is -0.222. The van der Waals surface area contributed by atoms with Gasteiger partial charge in [0.25, 0.3) is 5.79 Å². The lowest BCUT2D eigenvalue weighted by Crippen LogP contribution is -2.44. The number of nitrogens with zero attached hydrogens (tertiary/aromatic N) is 1. The highest BCUT2D eigenvalue weighted by molar-refractivity contribution is 6.18. The average molecular weight is 418 g/mol. The van der Waals surface area contributed by atoms with Gasteiger partial charge in [0.2, 0.25) is 0 Å². The van der Waals surface area contributed by atoms with Crippen molar-refractivity contribution in [3.63, 3.8) is 0 Å². The molecule has 0 saturated carbocycles. The van der Waals surface area contributed by atoms with Crippen LogP contribution in [0.3, 0.4) is 0 Å². The summed E-state index contributed by atoms with van der Waals surface area (Å²) in [6, 6.07) is 16.3. The predicted octanol–water partition coefficient (Wildman–Crippen LogP) is 5.11. The van der Waals surface area contributed by atoms with Gasteiger partial charge in [0.15, 0.2) is 0 Å². The summed E-state index contributed by atoms with van der Waals surface area (Å²) in [7, 11) is 0. The third-order valence-electron chi connectivity index (χ3n) is 5.61. The van der Waals surface area contributed by atoms with Gasteiger partial charge in [-0.1, -0.05) is 42.5 Å². The van der Waals surface area contributed by atoms with Gasteiger partial charge in [-0.05, 0) is 55.7 Å². The van der Waals surface area contributed by atoms with Crippen LogP contribution in [0.15, 0.2) is 60.2 Å². The number of carbonyl (C=O) groups is 2. The summed E-state index contributed by atoms with van der Waals surface area (Å²) in [4.78, 5) is 27.0. The van der Waals surface area contributed by atoms with Crippen LogP contribution in [0.25, 0.3) is 11.6 Å². The number of rotatable bonds is 3. The van der Waals surface area contributed by atoms with E-state index in [0.717, 1.165) is 28.9 Å². The second-order valence-electron chi connectivity index (χ2n) is 9.07. The highest BCUT2D eigenvalue weighted by Gasteiger charge is 2.39. The molecule has 5 nitrogen and oxygen atoms in total. The van der Waals surface area contributed by atoms with Gasteiger partial charge in [-0.15, -0.1) is 0 Å². The van der Waals surface area contributed by atoms with Crippen molar-refractivity contribution in [1.29, 1.82) is 0 Å². The summed E-state index contributed by atoms with van der Waals surface area (Å²) in [6.45, 7) is 10.3. The van der Waals surface area contributed by atoms with Crippen molar-refractivity contribution in [2.45, 2.75) is 52.5 Å². The molecule has 0 bridgehead atoms. The van der Waals surface area contributed by atoms with E-state index in [2.05, 4.69) is 43.9 Å². The zero-order chi connectivity index (χ0) is 22.4. The number of hydrogen-bond acceptors (Lipinski definition) is 5. The Hall–Kier alpha value is -3.34. The average Bonchev–Trinajstić information content (AvgIpc) is 2.68. The first-order chi connectivity index (χ1) is 14.6. The monoisotopic (exact) mass is 417 g/mol. The van der Waals surface area contributed by atoms with Gasteiger partial charge in [0.1, 0.15) is 5.57 Å². The molecular formula is C26H27NO4. The molecule has 1 saturated heterocycles. The zero-order valence-electron chi connectivity index (χ0n) is 18.6. The van der Waals surface area contributed by atoms with E-state index < -0.39 is 17.7 Å². The lowest BCUT2D eigenvalue weighted by atomic mass is 9.87. The first kappa shape index (κ1) is 20.9. The van der Waals surface area contributed by atoms with Crippen LogP contribution in [-0.2, 0) is 25.6 Å². The summed E-state index contributed by atoms with van der Waals surface area (Å²) in [5, 5.41) is 0. The Morgan fingerprint density at radius 1 is 0.935 bits per heavy atom. The Kier molecular flexibility index (Phi) is 5.00. The van der Waals surface area contributed by atoms with E-state index in [4.69, 9.17) is 9.47 Å². The summed E-state index contributed by atoms with van der Waals surface area (Å²) < 4.78 is 10.4. The molecule has 0 unspecified atom stereocenters. The van der Waals surface area contributed by atoms with Crippen molar-refractivity contribution < 1.29 is 19.1 Å². The number of anilines is 1. The summed E-state index contributed by atoms with van der Waals surface area (Å²) in [5.74, 6) is -2.58. The summed E-state index contributed by atoms with van der Waals surface area (Å²) in [6.07, 6.45) is 3.79. The Balaban J connectivity index is 1.71. The standard InChI is InChI=1S/C26H27NO4/c1-17-15-25(2,3)27(16-18-9-7-6-8-10-18)22-12-11-19(13-20(17)22)14-21-23(28)30-26(4,5)31-24(21)29/h6-15H,16H2,1-5H3. The van der Waals surface area contributed by atoms with E-state index in [1.807, 2.05) is 36.4 Å². The largest absolute Gasteiger partial charge is 0.419 e. The van der Waals surface area contributed by atoms with Gasteiger partial charge in [-0.2, -0.15) is 0 Å². The molecular weight excluding hydrogens is 390 g/mol. The van der Waals surface area contributed by atoms with Crippen molar-refractivity contribution in [1.82, 2.24) is 0 Å². The van der Waals surface area contributed by atoms with Crippen LogP contribution in [0.5, 0.6) is 0 Å². The van der Waals surface area contributed by atoms with Gasteiger partial charge in [0.05, 0.1) is 5.54 Å². The molecule has 2 aliphatic heterocycles. The molecule has 1 fully saturated rings. The number of cyclic esters (lactones) is 2. The maximum Gasteiger partial charge on any atom is 0.348 e. The maximum atomic E-state index is 12.3. The van der Waals surface area contributed by atoms with E-state index in [-0.39, 0.29) is 11.1 Å². The highest BCUT2D eigenvalue weighted by atomic mass is 16.7. The Morgan fingerprint density at radius 2 is 1.58 bits per heavy atom. The minimum atomic E-state index is -1.25. The number of benzene rings is 2. The van der Waals surface area contributed by atoms with Crippen molar-refractivity contribution in [3.05, 3.63) is 76.9 Å². The number of ether oxygens (including phenoxy) is 2. The maximum absolute atomic E-state index is 12.3. The van der Waals surface area contributed by atoms with Gasteiger partial charge in [0, 0.05) is 31.6 Å². The molecule has 5 heteroatoms. The Bertz CT molecular complexity index is 1090. The summed E-state index contributed by atoms with van der Waals surface area (Å²) in [5.41, 5.74) is 5.06. The summed E-state index contributed by atoms with van der Waals surface area (Å²) >= 11 is 0. The quantitative estimate of drug-likeness (QED) is 0.395. The molecule has 0 spiro atoms. The van der Waals surface area contributed by atoms with Crippen LogP contribution in [0, 0.1) is 0 Å². The van der Waals surface area contributed by atoms with Crippen LogP contribution in [-0.4, -0.2) is 23.3 Å². The number of hydrogen-bond donors (Lipinski definition) is 0. The molecule has 0 aliphatic carbocycles. The van der Waals surface area contributed by atoms with Crippen molar-refractivity contribution in [2.24, 2.45) is 0 Å². The van der Waals surface area contributed by atoms with Crippen LogP contribution >= 0.6 is 0 Å². The van der Waals surface area contributed by atoms with Crippen LogP contribution in [0.4, 0.5) is 5.69 Å². The van der Waals surface area contributed by atoms with Crippen LogP contribution in [0.1, 0.15) is 51.3 Å². The zero-order valence-corrected chi connectivity index (χ0v) is 18.6. The SMILES string of the molecule is CC1=CC(C)(C)N(Cc2ccccc2)c2ccc(C=C3C(=O)OC(C)(C)OC3=O)cc21. The molecule has 0 N–H and O–H groups in total. The molecule has 4 rings (SSSR count). The molecule has 2 aromatic carbocycles. The van der Waals surface area contributed by atoms with Gasteiger partial charge in [-0.3, -0.25) is 0 Å². The van der Waals surface area contributed by atoms with E-state index in [1.54, 1.807) is 0 Å². The lowest BCUT2D eigenvalue weighted by Gasteiger charge is -2.43. The van der Waals surface area contributed by atoms with E-state index in [9.17, 15) is 9.59 Å². The van der Waals surface area contributed by atoms with Crippen molar-refractivity contribution >= 4 is 29.3 Å². The molecule has 0 atom stereocenters. The fourth-order valence-corrected chi connectivity index (χ4v) is 4.19. The first-order valence-corrected chi connectivity index (χ1v) is 10.4. The number of fused-ring (bicyclic) bond motifs is 1. The second kappa shape index (κ2) is 7.41. The minimum Gasteiger partial charge on any atom is -0.419 e. The van der Waals surface area contributed by atoms with Crippen molar-refractivity contribution in [2.75, 3.05) is 4.90 Å². The van der Waals surface area contributed by atoms with Crippen LogP contribution < -0.4 is 4.90 Å². The number of carbonyl (C=O) groups excluding carboxylic acids is 2.